The van der Waals surface area contributed by atoms with Crippen LogP contribution in [0.2, 0.25) is 0 Å². The summed E-state index contributed by atoms with van der Waals surface area (Å²) in [6, 6.07) is 12.7. The molecule has 4 nitrogen and oxygen atoms in total. The average molecular weight is 270 g/mol. The average Bonchev–Trinajstić information content (AvgIpc) is 2.43. The van der Waals surface area contributed by atoms with Gasteiger partial charge in [-0.2, -0.15) is 0 Å². The Balaban J connectivity index is 2.24. The number of carbonyl (C=O) groups is 1. The van der Waals surface area contributed by atoms with Crippen LogP contribution in [-0.4, -0.2) is 12.5 Å². The summed E-state index contributed by atoms with van der Waals surface area (Å²) < 4.78 is 5.45. The molecule has 0 aliphatic rings. The standard InChI is InChI=1S/C16H18N2O2/c1-3-20-15-7-5-4-6-12(15)16(19)18-14-9-8-11(2)10-13(14)17/h4-10H,3,17H2,1-2H3,(H,18,19). The molecular formula is C16H18N2O2. The second-order valence-corrected chi connectivity index (χ2v) is 4.47. The van der Waals surface area contributed by atoms with Crippen molar-refractivity contribution in [2.45, 2.75) is 13.8 Å². The molecule has 0 unspecified atom stereocenters. The Morgan fingerprint density at radius 1 is 1.25 bits per heavy atom. The fraction of sp³-hybridized carbons (Fsp3) is 0.188. The number of amides is 1. The Bertz CT molecular complexity index is 624. The lowest BCUT2D eigenvalue weighted by Gasteiger charge is -2.12. The predicted molar refractivity (Wildman–Crippen MR) is 81.2 cm³/mol. The molecule has 0 aliphatic carbocycles. The Morgan fingerprint density at radius 3 is 2.70 bits per heavy atom. The monoisotopic (exact) mass is 270 g/mol. The molecule has 0 atom stereocenters. The van der Waals surface area contributed by atoms with Crippen LogP contribution >= 0.6 is 0 Å². The molecule has 3 N–H and O–H groups in total. The van der Waals surface area contributed by atoms with Gasteiger partial charge in [-0.3, -0.25) is 4.79 Å². The van der Waals surface area contributed by atoms with Gasteiger partial charge in [-0.15, -0.1) is 0 Å². The van der Waals surface area contributed by atoms with Crippen molar-refractivity contribution in [3.05, 3.63) is 53.6 Å². The summed E-state index contributed by atoms with van der Waals surface area (Å²) in [5.41, 5.74) is 8.60. The Kier molecular flexibility index (Phi) is 4.25. The number of rotatable bonds is 4. The molecule has 0 aromatic heterocycles. The number of benzene rings is 2. The van der Waals surface area contributed by atoms with E-state index in [1.165, 1.54) is 0 Å². The summed E-state index contributed by atoms with van der Waals surface area (Å²) in [6.07, 6.45) is 0. The van der Waals surface area contributed by atoms with Gasteiger partial charge in [0.25, 0.3) is 5.91 Å². The molecule has 0 spiro atoms. The molecule has 1 amide bonds. The fourth-order valence-electron chi connectivity index (χ4n) is 1.92. The molecule has 104 valence electrons. The van der Waals surface area contributed by atoms with Crippen molar-refractivity contribution < 1.29 is 9.53 Å². The first-order valence-corrected chi connectivity index (χ1v) is 6.51. The zero-order valence-corrected chi connectivity index (χ0v) is 11.6. The minimum atomic E-state index is -0.232. The van der Waals surface area contributed by atoms with Crippen LogP contribution in [0.5, 0.6) is 5.75 Å². The second-order valence-electron chi connectivity index (χ2n) is 4.47. The van der Waals surface area contributed by atoms with E-state index < -0.39 is 0 Å². The quantitative estimate of drug-likeness (QED) is 0.838. The first-order valence-electron chi connectivity index (χ1n) is 6.51. The highest BCUT2D eigenvalue weighted by molar-refractivity contribution is 6.07. The first-order chi connectivity index (χ1) is 9.61. The Labute approximate surface area is 118 Å². The summed E-state index contributed by atoms with van der Waals surface area (Å²) in [5, 5.41) is 2.81. The molecular weight excluding hydrogens is 252 g/mol. The molecule has 2 aromatic carbocycles. The van der Waals surface area contributed by atoms with Crippen LogP contribution in [-0.2, 0) is 0 Å². The second kappa shape index (κ2) is 6.10. The van der Waals surface area contributed by atoms with Crippen molar-refractivity contribution >= 4 is 17.3 Å². The lowest BCUT2D eigenvalue weighted by Crippen LogP contribution is -2.14. The molecule has 0 radical (unpaired) electrons. The molecule has 0 saturated heterocycles. The van der Waals surface area contributed by atoms with E-state index in [1.807, 2.05) is 32.0 Å². The van der Waals surface area contributed by atoms with Gasteiger partial charge in [0.2, 0.25) is 0 Å². The van der Waals surface area contributed by atoms with Crippen molar-refractivity contribution in [1.82, 2.24) is 0 Å². The molecule has 0 aliphatic heterocycles. The van der Waals surface area contributed by atoms with Gasteiger partial charge in [0, 0.05) is 0 Å². The Hall–Kier alpha value is -2.49. The summed E-state index contributed by atoms with van der Waals surface area (Å²) >= 11 is 0. The van der Waals surface area contributed by atoms with E-state index in [4.69, 9.17) is 10.5 Å². The topological polar surface area (TPSA) is 64.3 Å². The largest absolute Gasteiger partial charge is 0.493 e. The summed E-state index contributed by atoms with van der Waals surface area (Å²) in [5.74, 6) is 0.336. The van der Waals surface area contributed by atoms with Crippen molar-refractivity contribution in [1.29, 1.82) is 0 Å². The van der Waals surface area contributed by atoms with Crippen LogP contribution in [0.25, 0.3) is 0 Å². The van der Waals surface area contributed by atoms with Crippen molar-refractivity contribution in [2.24, 2.45) is 0 Å². The number of hydrogen-bond donors (Lipinski definition) is 2. The number of carbonyl (C=O) groups excluding carboxylic acids is 1. The minimum absolute atomic E-state index is 0.232. The van der Waals surface area contributed by atoms with Crippen LogP contribution < -0.4 is 15.8 Å². The molecule has 2 rings (SSSR count). The number of ether oxygens (including phenoxy) is 1. The van der Waals surface area contributed by atoms with Gasteiger partial charge >= 0.3 is 0 Å². The van der Waals surface area contributed by atoms with Gasteiger partial charge in [0.15, 0.2) is 0 Å². The minimum Gasteiger partial charge on any atom is -0.493 e. The van der Waals surface area contributed by atoms with E-state index in [0.717, 1.165) is 5.56 Å². The van der Waals surface area contributed by atoms with Gasteiger partial charge in [0.05, 0.1) is 23.5 Å². The van der Waals surface area contributed by atoms with Gasteiger partial charge in [-0.25, -0.2) is 0 Å². The van der Waals surface area contributed by atoms with Crippen LogP contribution in [0.3, 0.4) is 0 Å². The third kappa shape index (κ3) is 3.09. The van der Waals surface area contributed by atoms with E-state index in [0.29, 0.717) is 29.3 Å². The zero-order valence-electron chi connectivity index (χ0n) is 11.6. The number of nitrogen functional groups attached to an aromatic ring is 1. The molecule has 0 heterocycles. The Morgan fingerprint density at radius 2 is 2.00 bits per heavy atom. The van der Waals surface area contributed by atoms with Crippen molar-refractivity contribution in [3.8, 4) is 5.75 Å². The van der Waals surface area contributed by atoms with E-state index in [1.54, 1.807) is 24.3 Å². The van der Waals surface area contributed by atoms with Crippen LogP contribution in [0.15, 0.2) is 42.5 Å². The van der Waals surface area contributed by atoms with Crippen LogP contribution in [0.4, 0.5) is 11.4 Å². The van der Waals surface area contributed by atoms with Crippen molar-refractivity contribution in [3.63, 3.8) is 0 Å². The number of para-hydroxylation sites is 1. The van der Waals surface area contributed by atoms with Gasteiger partial charge in [-0.05, 0) is 43.7 Å². The van der Waals surface area contributed by atoms with Crippen LogP contribution in [0.1, 0.15) is 22.8 Å². The summed E-state index contributed by atoms with van der Waals surface area (Å²) in [4.78, 5) is 12.3. The van der Waals surface area contributed by atoms with Gasteiger partial charge < -0.3 is 15.8 Å². The fourth-order valence-corrected chi connectivity index (χ4v) is 1.92. The van der Waals surface area contributed by atoms with Gasteiger partial charge in [0.1, 0.15) is 5.75 Å². The molecule has 0 fully saturated rings. The number of hydrogen-bond acceptors (Lipinski definition) is 3. The maximum Gasteiger partial charge on any atom is 0.259 e. The molecule has 20 heavy (non-hydrogen) atoms. The highest BCUT2D eigenvalue weighted by Gasteiger charge is 2.13. The smallest absolute Gasteiger partial charge is 0.259 e. The van der Waals surface area contributed by atoms with E-state index in [9.17, 15) is 4.79 Å². The number of anilines is 2. The molecule has 4 heteroatoms. The number of aryl methyl sites for hydroxylation is 1. The maximum atomic E-state index is 12.3. The predicted octanol–water partition coefficient (Wildman–Crippen LogP) is 3.23. The number of nitrogens with two attached hydrogens (primary N) is 1. The highest BCUT2D eigenvalue weighted by atomic mass is 16.5. The van der Waals surface area contributed by atoms with Crippen molar-refractivity contribution in [2.75, 3.05) is 17.7 Å². The lowest BCUT2D eigenvalue weighted by molar-refractivity contribution is 0.102. The third-order valence-corrected chi connectivity index (χ3v) is 2.89. The van der Waals surface area contributed by atoms with E-state index >= 15 is 0 Å². The van der Waals surface area contributed by atoms with E-state index in [-0.39, 0.29) is 5.91 Å². The summed E-state index contributed by atoms with van der Waals surface area (Å²) in [7, 11) is 0. The first kappa shape index (κ1) is 13.9. The highest BCUT2D eigenvalue weighted by Crippen LogP contribution is 2.23. The normalized spacial score (nSPS) is 10.1. The van der Waals surface area contributed by atoms with Crippen LogP contribution in [0, 0.1) is 6.92 Å². The molecule has 0 saturated carbocycles. The third-order valence-electron chi connectivity index (χ3n) is 2.89. The number of nitrogens with one attached hydrogen (secondary N) is 1. The lowest BCUT2D eigenvalue weighted by atomic mass is 10.1. The maximum absolute atomic E-state index is 12.3. The molecule has 0 bridgehead atoms. The summed E-state index contributed by atoms with van der Waals surface area (Å²) in [6.45, 7) is 4.34. The van der Waals surface area contributed by atoms with E-state index in [2.05, 4.69) is 5.32 Å². The zero-order chi connectivity index (χ0) is 14.5. The SMILES string of the molecule is CCOc1ccccc1C(=O)Nc1ccc(C)cc1N. The van der Waals surface area contributed by atoms with Gasteiger partial charge in [-0.1, -0.05) is 18.2 Å². The molecule has 2 aromatic rings.